The Bertz CT molecular complexity index is 705. The molecule has 0 aliphatic heterocycles. The average Bonchev–Trinajstić information content (AvgIpc) is 2.97. The van der Waals surface area contributed by atoms with Crippen molar-refractivity contribution in [2.75, 3.05) is 4.90 Å². The third-order valence-electron chi connectivity index (χ3n) is 5.02. The van der Waals surface area contributed by atoms with Gasteiger partial charge in [0.15, 0.2) is 5.82 Å². The summed E-state index contributed by atoms with van der Waals surface area (Å²) >= 11 is 0. The summed E-state index contributed by atoms with van der Waals surface area (Å²) in [5.74, 6) is -0.251. The fourth-order valence-corrected chi connectivity index (χ4v) is 3.39. The first-order chi connectivity index (χ1) is 12.5. The molecule has 1 heterocycles. The van der Waals surface area contributed by atoms with E-state index in [2.05, 4.69) is 32.8 Å². The Morgan fingerprint density at radius 3 is 2.33 bits per heavy atom. The minimum absolute atomic E-state index is 0.00977. The van der Waals surface area contributed by atoms with Gasteiger partial charge in [-0.3, -0.25) is 9.69 Å². The number of carbonyl (C=O) groups is 2. The van der Waals surface area contributed by atoms with E-state index in [1.54, 1.807) is 11.1 Å². The summed E-state index contributed by atoms with van der Waals surface area (Å²) in [6.07, 6.45) is 8.98. The highest BCUT2D eigenvalue weighted by Gasteiger charge is 2.33. The molecule has 6 heteroatoms. The molecule has 0 atom stereocenters. The smallest absolute Gasteiger partial charge is 0.341 e. The molecule has 1 aromatic heterocycles. The zero-order valence-corrected chi connectivity index (χ0v) is 17.4. The third kappa shape index (κ3) is 5.44. The van der Waals surface area contributed by atoms with Crippen molar-refractivity contribution in [1.29, 1.82) is 0 Å². The van der Waals surface area contributed by atoms with Crippen molar-refractivity contribution in [2.45, 2.75) is 73.3 Å². The molecule has 6 nitrogen and oxygen atoms in total. The first kappa shape index (κ1) is 21.2. The van der Waals surface area contributed by atoms with E-state index in [4.69, 9.17) is 0 Å². The Morgan fingerprint density at radius 2 is 1.85 bits per heavy atom. The van der Waals surface area contributed by atoms with Gasteiger partial charge < -0.3 is 5.11 Å². The van der Waals surface area contributed by atoms with Crippen molar-refractivity contribution in [3.63, 3.8) is 0 Å². The number of anilines is 1. The van der Waals surface area contributed by atoms with Gasteiger partial charge in [-0.05, 0) is 50.9 Å². The van der Waals surface area contributed by atoms with Crippen molar-refractivity contribution < 1.29 is 14.7 Å². The van der Waals surface area contributed by atoms with E-state index in [9.17, 15) is 14.7 Å². The first-order valence-electron chi connectivity index (χ1n) is 9.84. The van der Waals surface area contributed by atoms with Crippen molar-refractivity contribution >= 4 is 23.9 Å². The van der Waals surface area contributed by atoms with Crippen LogP contribution in [0.25, 0.3) is 6.20 Å². The Labute approximate surface area is 162 Å². The lowest BCUT2D eigenvalue weighted by Gasteiger charge is -2.32. The van der Waals surface area contributed by atoms with E-state index in [-0.39, 0.29) is 34.7 Å². The summed E-state index contributed by atoms with van der Waals surface area (Å²) in [6.45, 7) is 12.2. The minimum Gasteiger partial charge on any atom is -0.477 e. The molecule has 27 heavy (non-hydrogen) atoms. The molecule has 1 N–H and O–H groups in total. The van der Waals surface area contributed by atoms with Crippen molar-refractivity contribution in [2.24, 2.45) is 17.3 Å². The van der Waals surface area contributed by atoms with Gasteiger partial charge in [-0.2, -0.15) is 0 Å². The van der Waals surface area contributed by atoms with Gasteiger partial charge in [0.05, 0.1) is 0 Å². The van der Waals surface area contributed by atoms with Gasteiger partial charge >= 0.3 is 5.97 Å². The van der Waals surface area contributed by atoms with Crippen molar-refractivity contribution in [3.8, 4) is 0 Å². The van der Waals surface area contributed by atoms with E-state index in [1.807, 2.05) is 19.9 Å². The number of aromatic carboxylic acids is 1. The first-order valence-corrected chi connectivity index (χ1v) is 9.84. The number of rotatable bonds is 5. The fourth-order valence-electron chi connectivity index (χ4n) is 3.39. The van der Waals surface area contributed by atoms with E-state index in [1.165, 1.54) is 10.9 Å². The zero-order valence-electron chi connectivity index (χ0n) is 17.4. The number of hydrogen-bond donors (Lipinski definition) is 1. The number of nitrogens with zero attached hydrogens (tertiary/aromatic N) is 3. The molecule has 1 saturated carbocycles. The molecule has 0 spiro atoms. The molecule has 1 aromatic rings. The van der Waals surface area contributed by atoms with Crippen LogP contribution in [-0.4, -0.2) is 32.8 Å². The maximum absolute atomic E-state index is 13.2. The van der Waals surface area contributed by atoms with Gasteiger partial charge in [-0.15, -0.1) is 5.10 Å². The molecular weight excluding hydrogens is 342 g/mol. The zero-order chi connectivity index (χ0) is 20.4. The summed E-state index contributed by atoms with van der Waals surface area (Å²) < 4.78 is 1.50. The average molecular weight is 376 g/mol. The highest BCUT2D eigenvalue weighted by molar-refractivity contribution is 6.01. The summed E-state index contributed by atoms with van der Waals surface area (Å²) in [6, 6.07) is -0.162. The van der Waals surface area contributed by atoms with Gasteiger partial charge in [0.1, 0.15) is 5.56 Å². The van der Waals surface area contributed by atoms with Crippen LogP contribution in [0.2, 0.25) is 0 Å². The van der Waals surface area contributed by atoms with Crippen molar-refractivity contribution in [3.05, 3.63) is 17.8 Å². The molecule has 150 valence electrons. The van der Waals surface area contributed by atoms with Crippen LogP contribution in [0.4, 0.5) is 5.82 Å². The number of allylic oxidation sites excluding steroid dienone is 1. The fraction of sp³-hybridized carbons (Fsp3) is 0.667. The molecule has 1 amide bonds. The number of carboxylic acids is 1. The highest BCUT2D eigenvalue weighted by atomic mass is 16.4. The largest absolute Gasteiger partial charge is 0.477 e. The second-order valence-corrected chi connectivity index (χ2v) is 9.09. The van der Waals surface area contributed by atoms with Gasteiger partial charge in [-0.1, -0.05) is 33.8 Å². The summed E-state index contributed by atoms with van der Waals surface area (Å²) in [4.78, 5) is 26.6. The standard InChI is InChI=1S/C21H33N3O3/c1-14(2)24(19(25)16-9-7-15(3)8-10-16)18-17(20(26)27)13-23(22-18)12-11-21(4,5)6/h11-16H,7-10H2,1-6H3,(H,26,27). The number of aromatic nitrogens is 2. The topological polar surface area (TPSA) is 75.4 Å². The van der Waals surface area contributed by atoms with E-state index in [0.29, 0.717) is 5.92 Å². The molecule has 1 aliphatic rings. The predicted molar refractivity (Wildman–Crippen MR) is 108 cm³/mol. The van der Waals surface area contributed by atoms with E-state index >= 15 is 0 Å². The van der Waals surface area contributed by atoms with Gasteiger partial charge in [0, 0.05) is 24.4 Å². The molecule has 0 aromatic carbocycles. The Kier molecular flexibility index (Phi) is 6.50. The molecule has 1 fully saturated rings. The highest BCUT2D eigenvalue weighted by Crippen LogP contribution is 2.32. The number of amides is 1. The Morgan fingerprint density at radius 1 is 1.26 bits per heavy atom. The monoisotopic (exact) mass is 375 g/mol. The molecule has 0 radical (unpaired) electrons. The van der Waals surface area contributed by atoms with Crippen LogP contribution in [-0.2, 0) is 4.79 Å². The summed E-state index contributed by atoms with van der Waals surface area (Å²) in [5, 5.41) is 14.1. The number of carbonyl (C=O) groups excluding carboxylic acids is 1. The molecule has 1 aliphatic carbocycles. The number of hydrogen-bond acceptors (Lipinski definition) is 3. The Balaban J connectivity index is 2.38. The lowest BCUT2D eigenvalue weighted by molar-refractivity contribution is -0.123. The Hall–Kier alpha value is -2.11. The molecule has 0 unspecified atom stereocenters. The van der Waals surface area contributed by atoms with Gasteiger partial charge in [0.25, 0.3) is 0 Å². The summed E-state index contributed by atoms with van der Waals surface area (Å²) in [5.41, 5.74) is 0.00163. The molecule has 2 rings (SSSR count). The van der Waals surface area contributed by atoms with E-state index in [0.717, 1.165) is 25.7 Å². The van der Waals surface area contributed by atoms with Crippen LogP contribution in [0.5, 0.6) is 0 Å². The quantitative estimate of drug-likeness (QED) is 0.812. The van der Waals surface area contributed by atoms with Crippen LogP contribution >= 0.6 is 0 Å². The molecule has 0 bridgehead atoms. The minimum atomic E-state index is -1.07. The van der Waals surface area contributed by atoms with Crippen molar-refractivity contribution in [1.82, 2.24) is 9.78 Å². The maximum Gasteiger partial charge on any atom is 0.341 e. The second-order valence-electron chi connectivity index (χ2n) is 9.09. The lowest BCUT2D eigenvalue weighted by Crippen LogP contribution is -2.43. The van der Waals surface area contributed by atoms with Gasteiger partial charge in [-0.25, -0.2) is 9.48 Å². The normalized spacial score (nSPS) is 21.0. The third-order valence-corrected chi connectivity index (χ3v) is 5.02. The van der Waals surface area contributed by atoms with Crippen LogP contribution in [0, 0.1) is 17.3 Å². The van der Waals surface area contributed by atoms with Crippen LogP contribution < -0.4 is 4.90 Å². The van der Waals surface area contributed by atoms with Crippen LogP contribution in [0.15, 0.2) is 12.3 Å². The van der Waals surface area contributed by atoms with Crippen LogP contribution in [0.1, 0.15) is 77.6 Å². The predicted octanol–water partition coefficient (Wildman–Crippen LogP) is 4.67. The van der Waals surface area contributed by atoms with Crippen LogP contribution in [0.3, 0.4) is 0 Å². The lowest BCUT2D eigenvalue weighted by atomic mass is 9.82. The second kappa shape index (κ2) is 8.28. The number of carboxylic acid groups (broad SMARTS) is 1. The van der Waals surface area contributed by atoms with Gasteiger partial charge in [0.2, 0.25) is 5.91 Å². The maximum atomic E-state index is 13.2. The SMILES string of the molecule is CC1CCC(C(=O)N(c2nn(C=CC(C)(C)C)cc2C(=O)O)C(C)C)CC1. The van der Waals surface area contributed by atoms with E-state index < -0.39 is 5.97 Å². The summed E-state index contributed by atoms with van der Waals surface area (Å²) in [7, 11) is 0. The molecular formula is C21H33N3O3. The molecule has 0 saturated heterocycles.